The Morgan fingerprint density at radius 1 is 0.882 bits per heavy atom. The molecule has 2 saturated carbocycles. The summed E-state index contributed by atoms with van der Waals surface area (Å²) in [6.45, 7) is 2.05. The molecule has 0 spiro atoms. The van der Waals surface area contributed by atoms with E-state index in [0.717, 1.165) is 12.3 Å². The van der Waals surface area contributed by atoms with Crippen molar-refractivity contribution in [2.24, 2.45) is 17.8 Å². The quantitative estimate of drug-likeness (QED) is 0.578. The van der Waals surface area contributed by atoms with Crippen LogP contribution in [0, 0.1) is 17.8 Å². The average Bonchev–Trinajstić information content (AvgIpc) is 2.18. The summed E-state index contributed by atoms with van der Waals surface area (Å²) in [5.41, 5.74) is 0. The summed E-state index contributed by atoms with van der Waals surface area (Å²) in [5, 5.41) is 0. The van der Waals surface area contributed by atoms with E-state index in [9.17, 15) is 8.78 Å². The van der Waals surface area contributed by atoms with E-state index in [1.54, 1.807) is 0 Å². The summed E-state index contributed by atoms with van der Waals surface area (Å²) >= 11 is 0. The van der Waals surface area contributed by atoms with E-state index >= 15 is 0 Å². The molecule has 0 nitrogen and oxygen atoms in total. The third-order valence-electron chi connectivity index (χ3n) is 4.95. The predicted molar refractivity (Wildman–Crippen MR) is 67.3 cm³/mol. The summed E-state index contributed by atoms with van der Waals surface area (Å²) < 4.78 is 26.7. The van der Waals surface area contributed by atoms with Crippen molar-refractivity contribution in [3.05, 3.63) is 0 Å². The lowest BCUT2D eigenvalue weighted by Gasteiger charge is -2.39. The molecule has 2 fully saturated rings. The third-order valence-corrected chi connectivity index (χ3v) is 4.95. The van der Waals surface area contributed by atoms with E-state index in [0.29, 0.717) is 5.92 Å². The molecule has 2 heteroatoms. The number of rotatable bonds is 1. The molecule has 100 valence electrons. The van der Waals surface area contributed by atoms with Crippen LogP contribution in [0.2, 0.25) is 0 Å². The Balaban J connectivity index is 1.91. The van der Waals surface area contributed by atoms with Gasteiger partial charge in [-0.25, -0.2) is 8.78 Å². The molecule has 0 aromatic rings. The van der Waals surface area contributed by atoms with Gasteiger partial charge in [-0.2, -0.15) is 0 Å². The standard InChI is InChI=1S/C15H26F2/c1-12-11-15(16,17)10-9-14(12)13-7-5-3-2-4-6-8-13/h12-14H,2-11H2,1H3. The van der Waals surface area contributed by atoms with Crippen molar-refractivity contribution in [2.45, 2.75) is 77.1 Å². The topological polar surface area (TPSA) is 0 Å². The van der Waals surface area contributed by atoms with Gasteiger partial charge >= 0.3 is 0 Å². The molecule has 2 atom stereocenters. The van der Waals surface area contributed by atoms with Crippen LogP contribution >= 0.6 is 0 Å². The maximum Gasteiger partial charge on any atom is 0.248 e. The summed E-state index contributed by atoms with van der Waals surface area (Å²) in [6, 6.07) is 0. The Labute approximate surface area is 104 Å². The molecule has 2 aliphatic carbocycles. The predicted octanol–water partition coefficient (Wildman–Crippen LogP) is 5.42. The number of hydrogen-bond acceptors (Lipinski definition) is 0. The van der Waals surface area contributed by atoms with Crippen LogP contribution in [0.5, 0.6) is 0 Å². The lowest BCUT2D eigenvalue weighted by molar-refractivity contribution is -0.0759. The molecule has 0 N–H and O–H groups in total. The van der Waals surface area contributed by atoms with Crippen molar-refractivity contribution in [3.63, 3.8) is 0 Å². The van der Waals surface area contributed by atoms with Crippen LogP contribution in [0.4, 0.5) is 8.78 Å². The SMILES string of the molecule is CC1CC(F)(F)CCC1C1CCCCCCC1. The van der Waals surface area contributed by atoms with Crippen LogP contribution < -0.4 is 0 Å². The van der Waals surface area contributed by atoms with Crippen LogP contribution in [0.15, 0.2) is 0 Å². The molecule has 0 aromatic heterocycles. The van der Waals surface area contributed by atoms with Crippen molar-refractivity contribution in [1.29, 1.82) is 0 Å². The molecule has 2 unspecified atom stereocenters. The molecule has 0 saturated heterocycles. The van der Waals surface area contributed by atoms with Crippen LogP contribution in [0.3, 0.4) is 0 Å². The van der Waals surface area contributed by atoms with Crippen LogP contribution in [-0.2, 0) is 0 Å². The van der Waals surface area contributed by atoms with Gasteiger partial charge in [-0.3, -0.25) is 0 Å². The first-order chi connectivity index (χ1) is 8.08. The van der Waals surface area contributed by atoms with Crippen LogP contribution in [-0.4, -0.2) is 5.92 Å². The first-order valence-electron chi connectivity index (χ1n) is 7.46. The molecule has 2 rings (SSSR count). The van der Waals surface area contributed by atoms with Gasteiger partial charge in [-0.1, -0.05) is 51.9 Å². The summed E-state index contributed by atoms with van der Waals surface area (Å²) in [6.07, 6.45) is 10.4. The first kappa shape index (κ1) is 13.3. The van der Waals surface area contributed by atoms with E-state index in [-0.39, 0.29) is 18.8 Å². The second-order valence-corrected chi connectivity index (χ2v) is 6.35. The van der Waals surface area contributed by atoms with Gasteiger partial charge < -0.3 is 0 Å². The van der Waals surface area contributed by atoms with Crippen molar-refractivity contribution in [3.8, 4) is 0 Å². The highest BCUT2D eigenvalue weighted by Crippen LogP contribution is 2.45. The van der Waals surface area contributed by atoms with Gasteiger partial charge in [0.1, 0.15) is 0 Å². The van der Waals surface area contributed by atoms with Gasteiger partial charge in [-0.05, 0) is 24.2 Å². The van der Waals surface area contributed by atoms with Gasteiger partial charge in [-0.15, -0.1) is 0 Å². The van der Waals surface area contributed by atoms with E-state index in [4.69, 9.17) is 0 Å². The molecule has 0 aromatic carbocycles. The van der Waals surface area contributed by atoms with E-state index < -0.39 is 5.92 Å². The Morgan fingerprint density at radius 2 is 1.47 bits per heavy atom. The fraction of sp³-hybridized carbons (Fsp3) is 1.00. The van der Waals surface area contributed by atoms with Gasteiger partial charge in [0, 0.05) is 12.8 Å². The third kappa shape index (κ3) is 3.66. The van der Waals surface area contributed by atoms with E-state index in [1.165, 1.54) is 44.9 Å². The van der Waals surface area contributed by atoms with Crippen molar-refractivity contribution in [2.75, 3.05) is 0 Å². The molecule has 0 bridgehead atoms. The van der Waals surface area contributed by atoms with Crippen molar-refractivity contribution < 1.29 is 8.78 Å². The molecule has 0 heterocycles. The summed E-state index contributed by atoms with van der Waals surface area (Å²) in [5.74, 6) is -0.838. The molecular weight excluding hydrogens is 218 g/mol. The molecule has 2 aliphatic rings. The zero-order valence-electron chi connectivity index (χ0n) is 11.1. The highest BCUT2D eigenvalue weighted by molar-refractivity contribution is 4.86. The number of halogens is 2. The zero-order chi connectivity index (χ0) is 12.3. The molecule has 0 aliphatic heterocycles. The van der Waals surface area contributed by atoms with E-state index in [2.05, 4.69) is 6.92 Å². The van der Waals surface area contributed by atoms with Gasteiger partial charge in [0.15, 0.2) is 0 Å². The average molecular weight is 244 g/mol. The first-order valence-corrected chi connectivity index (χ1v) is 7.46. The Bertz CT molecular complexity index is 229. The number of alkyl halides is 2. The van der Waals surface area contributed by atoms with Crippen molar-refractivity contribution in [1.82, 2.24) is 0 Å². The maximum absolute atomic E-state index is 13.3. The normalized spacial score (nSPS) is 36.2. The fourth-order valence-corrected chi connectivity index (χ4v) is 4.00. The summed E-state index contributed by atoms with van der Waals surface area (Å²) in [4.78, 5) is 0. The lowest BCUT2D eigenvalue weighted by atomic mass is 9.68. The lowest BCUT2D eigenvalue weighted by Crippen LogP contribution is -2.35. The van der Waals surface area contributed by atoms with Crippen molar-refractivity contribution >= 4 is 0 Å². The van der Waals surface area contributed by atoms with Gasteiger partial charge in [0.05, 0.1) is 0 Å². The fourth-order valence-electron chi connectivity index (χ4n) is 4.00. The molecule has 0 radical (unpaired) electrons. The summed E-state index contributed by atoms with van der Waals surface area (Å²) in [7, 11) is 0. The minimum absolute atomic E-state index is 0.133. The zero-order valence-corrected chi connectivity index (χ0v) is 11.1. The minimum atomic E-state index is -2.38. The molecule has 0 amide bonds. The monoisotopic (exact) mass is 244 g/mol. The highest BCUT2D eigenvalue weighted by atomic mass is 19.3. The maximum atomic E-state index is 13.3. The van der Waals surface area contributed by atoms with Gasteiger partial charge in [0.2, 0.25) is 5.92 Å². The Hall–Kier alpha value is -0.140. The minimum Gasteiger partial charge on any atom is -0.207 e. The van der Waals surface area contributed by atoms with Crippen LogP contribution in [0.25, 0.3) is 0 Å². The second kappa shape index (κ2) is 5.67. The second-order valence-electron chi connectivity index (χ2n) is 6.35. The van der Waals surface area contributed by atoms with Gasteiger partial charge in [0.25, 0.3) is 0 Å². The largest absolute Gasteiger partial charge is 0.248 e. The molecular formula is C15H26F2. The molecule has 17 heavy (non-hydrogen) atoms. The van der Waals surface area contributed by atoms with E-state index in [1.807, 2.05) is 0 Å². The Morgan fingerprint density at radius 3 is 2.06 bits per heavy atom. The smallest absolute Gasteiger partial charge is 0.207 e. The van der Waals surface area contributed by atoms with Crippen LogP contribution in [0.1, 0.15) is 71.1 Å². The Kier molecular flexibility index (Phi) is 4.43. The highest BCUT2D eigenvalue weighted by Gasteiger charge is 2.41. The number of hydrogen-bond donors (Lipinski definition) is 0.